The number of hydrogen-bond donors (Lipinski definition) is 2. The van der Waals surface area contributed by atoms with Gasteiger partial charge in [0.05, 0.1) is 4.88 Å². The van der Waals surface area contributed by atoms with E-state index in [1.54, 1.807) is 0 Å². The van der Waals surface area contributed by atoms with Crippen molar-refractivity contribution in [2.24, 2.45) is 5.84 Å². The van der Waals surface area contributed by atoms with Crippen LogP contribution in [0.1, 0.15) is 15.2 Å². The minimum Gasteiger partial charge on any atom is -0.297 e. The van der Waals surface area contributed by atoms with E-state index >= 15 is 0 Å². The molecule has 0 unspecified atom stereocenters. The van der Waals surface area contributed by atoms with Crippen LogP contribution in [0.4, 0.5) is 0 Å². The lowest BCUT2D eigenvalue weighted by Gasteiger charge is -2.25. The third kappa shape index (κ3) is 3.12. The summed E-state index contributed by atoms with van der Waals surface area (Å²) in [6, 6.07) is 1.95. The second kappa shape index (κ2) is 5.72. The van der Waals surface area contributed by atoms with Crippen LogP contribution in [0, 0.1) is 0 Å². The number of thiophene rings is 1. The van der Waals surface area contributed by atoms with Gasteiger partial charge in [-0.2, -0.15) is 0 Å². The summed E-state index contributed by atoms with van der Waals surface area (Å²) in [5, 5.41) is 1.89. The van der Waals surface area contributed by atoms with E-state index in [0.29, 0.717) is 4.88 Å². The molecule has 0 bridgehead atoms. The molecule has 7 heteroatoms. The normalized spacial score (nSPS) is 18.2. The Labute approximate surface area is 106 Å². The van der Waals surface area contributed by atoms with E-state index in [0.717, 1.165) is 36.7 Å². The van der Waals surface area contributed by atoms with E-state index in [2.05, 4.69) is 10.3 Å². The van der Waals surface area contributed by atoms with E-state index in [-0.39, 0.29) is 5.91 Å². The maximum Gasteiger partial charge on any atom is 0.275 e. The fourth-order valence-corrected chi connectivity index (χ4v) is 3.75. The van der Waals surface area contributed by atoms with E-state index in [1.807, 2.05) is 11.4 Å². The predicted molar refractivity (Wildman–Crippen MR) is 69.1 cm³/mol. The Bertz CT molecular complexity index is 423. The number of carbonyl (C=O) groups is 1. The molecule has 1 aliphatic heterocycles. The molecule has 1 amide bonds. The molecule has 2 heterocycles. The molecule has 5 nitrogen and oxygen atoms in total. The molecule has 0 spiro atoms. The molecule has 0 radical (unpaired) electrons. The van der Waals surface area contributed by atoms with Crippen LogP contribution in [-0.4, -0.2) is 39.6 Å². The van der Waals surface area contributed by atoms with Gasteiger partial charge >= 0.3 is 0 Å². The van der Waals surface area contributed by atoms with Crippen molar-refractivity contribution in [3.05, 3.63) is 21.9 Å². The molecule has 0 aliphatic carbocycles. The zero-order chi connectivity index (χ0) is 12.3. The van der Waals surface area contributed by atoms with Crippen LogP contribution < -0.4 is 11.3 Å². The highest BCUT2D eigenvalue weighted by molar-refractivity contribution is 7.85. The van der Waals surface area contributed by atoms with Crippen molar-refractivity contribution in [1.82, 2.24) is 10.3 Å². The van der Waals surface area contributed by atoms with Gasteiger partial charge in [0.2, 0.25) is 0 Å². The van der Waals surface area contributed by atoms with Crippen LogP contribution in [0.3, 0.4) is 0 Å². The number of hydrazine groups is 1. The first-order valence-corrected chi connectivity index (χ1v) is 7.72. The van der Waals surface area contributed by atoms with Gasteiger partial charge in [0.1, 0.15) is 0 Å². The molecular weight excluding hydrogens is 258 g/mol. The summed E-state index contributed by atoms with van der Waals surface area (Å²) < 4.78 is 11.2. The van der Waals surface area contributed by atoms with Gasteiger partial charge in [-0.15, -0.1) is 11.3 Å². The maximum atomic E-state index is 11.5. The molecule has 94 valence electrons. The minimum absolute atomic E-state index is 0.240. The molecule has 1 aromatic heterocycles. The Morgan fingerprint density at radius 1 is 1.53 bits per heavy atom. The second-order valence-corrected chi connectivity index (χ2v) is 6.48. The number of nitrogen functional groups attached to an aromatic ring is 1. The van der Waals surface area contributed by atoms with Crippen molar-refractivity contribution in [1.29, 1.82) is 0 Å². The first-order chi connectivity index (χ1) is 8.20. The van der Waals surface area contributed by atoms with E-state index in [1.165, 1.54) is 11.3 Å². The van der Waals surface area contributed by atoms with Crippen LogP contribution in [0.2, 0.25) is 0 Å². The smallest absolute Gasteiger partial charge is 0.275 e. The maximum absolute atomic E-state index is 11.5. The van der Waals surface area contributed by atoms with Crippen molar-refractivity contribution >= 4 is 28.0 Å². The van der Waals surface area contributed by atoms with Gasteiger partial charge in [-0.25, -0.2) is 5.84 Å². The molecular formula is C10H15N3O2S2. The molecule has 2 rings (SSSR count). The van der Waals surface area contributed by atoms with Gasteiger partial charge in [0.15, 0.2) is 0 Å². The third-order valence-electron chi connectivity index (χ3n) is 2.75. The number of nitrogens with one attached hydrogen (secondary N) is 1. The SMILES string of the molecule is NNC(=O)c1sccc1CN1CCS(=O)CC1. The zero-order valence-electron chi connectivity index (χ0n) is 9.35. The summed E-state index contributed by atoms with van der Waals surface area (Å²) in [6.07, 6.45) is 0. The number of carbonyl (C=O) groups excluding carboxylic acids is 1. The topological polar surface area (TPSA) is 75.4 Å². The molecule has 1 aliphatic rings. The second-order valence-electron chi connectivity index (χ2n) is 3.87. The number of amides is 1. The highest BCUT2D eigenvalue weighted by Crippen LogP contribution is 2.19. The van der Waals surface area contributed by atoms with Crippen molar-refractivity contribution < 1.29 is 9.00 Å². The summed E-state index contributed by atoms with van der Waals surface area (Å²) in [5.74, 6) is 6.35. The summed E-state index contributed by atoms with van der Waals surface area (Å²) in [6.45, 7) is 2.38. The summed E-state index contributed by atoms with van der Waals surface area (Å²) in [7, 11) is -0.663. The van der Waals surface area contributed by atoms with E-state index < -0.39 is 10.8 Å². The van der Waals surface area contributed by atoms with Crippen molar-refractivity contribution in [2.75, 3.05) is 24.6 Å². The average Bonchev–Trinajstić information content (AvgIpc) is 2.79. The molecule has 17 heavy (non-hydrogen) atoms. The van der Waals surface area contributed by atoms with Gasteiger partial charge in [0, 0.05) is 41.9 Å². The number of rotatable bonds is 3. The Morgan fingerprint density at radius 3 is 2.88 bits per heavy atom. The van der Waals surface area contributed by atoms with Gasteiger partial charge < -0.3 is 0 Å². The van der Waals surface area contributed by atoms with E-state index in [9.17, 15) is 9.00 Å². The minimum atomic E-state index is -0.663. The van der Waals surface area contributed by atoms with Crippen LogP contribution in [-0.2, 0) is 17.3 Å². The van der Waals surface area contributed by atoms with Crippen molar-refractivity contribution in [3.8, 4) is 0 Å². The van der Waals surface area contributed by atoms with Crippen molar-refractivity contribution in [3.63, 3.8) is 0 Å². The van der Waals surface area contributed by atoms with Crippen LogP contribution in [0.15, 0.2) is 11.4 Å². The van der Waals surface area contributed by atoms with Gasteiger partial charge in [0.25, 0.3) is 5.91 Å². The van der Waals surface area contributed by atoms with Gasteiger partial charge in [-0.1, -0.05) is 0 Å². The van der Waals surface area contributed by atoms with Gasteiger partial charge in [-0.05, 0) is 17.0 Å². The fraction of sp³-hybridized carbons (Fsp3) is 0.500. The summed E-state index contributed by atoms with van der Waals surface area (Å²) in [5.41, 5.74) is 3.15. The monoisotopic (exact) mass is 273 g/mol. The van der Waals surface area contributed by atoms with Crippen LogP contribution in [0.5, 0.6) is 0 Å². The molecule has 0 saturated carbocycles. The van der Waals surface area contributed by atoms with Gasteiger partial charge in [-0.3, -0.25) is 19.3 Å². The van der Waals surface area contributed by atoms with Crippen molar-refractivity contribution in [2.45, 2.75) is 6.54 Å². The lowest BCUT2D eigenvalue weighted by atomic mass is 10.2. The lowest BCUT2D eigenvalue weighted by Crippen LogP contribution is -2.37. The first kappa shape index (κ1) is 12.7. The zero-order valence-corrected chi connectivity index (χ0v) is 11.0. The predicted octanol–water partition coefficient (Wildman–Crippen LogP) is -0.0841. The summed E-state index contributed by atoms with van der Waals surface area (Å²) in [4.78, 5) is 14.4. The molecule has 0 atom stereocenters. The largest absolute Gasteiger partial charge is 0.297 e. The Hall–Kier alpha value is -0.760. The quantitative estimate of drug-likeness (QED) is 0.459. The number of nitrogens with zero attached hydrogens (tertiary/aromatic N) is 1. The number of nitrogens with two attached hydrogens (primary N) is 1. The molecule has 3 N–H and O–H groups in total. The van der Waals surface area contributed by atoms with Crippen LogP contribution >= 0.6 is 11.3 Å². The standard InChI is InChI=1S/C10H15N3O2S2/c11-12-10(14)9-8(1-4-16-9)7-13-2-5-17(15)6-3-13/h1,4H,2-3,5-7,11H2,(H,12,14). The third-order valence-corrected chi connectivity index (χ3v) is 4.98. The number of hydrogen-bond acceptors (Lipinski definition) is 5. The lowest BCUT2D eigenvalue weighted by molar-refractivity contribution is 0.0956. The Kier molecular flexibility index (Phi) is 4.27. The highest BCUT2D eigenvalue weighted by Gasteiger charge is 2.18. The summed E-state index contributed by atoms with van der Waals surface area (Å²) >= 11 is 1.39. The van der Waals surface area contributed by atoms with Crippen LogP contribution in [0.25, 0.3) is 0 Å². The first-order valence-electron chi connectivity index (χ1n) is 5.35. The Morgan fingerprint density at radius 2 is 2.24 bits per heavy atom. The van der Waals surface area contributed by atoms with E-state index in [4.69, 9.17) is 5.84 Å². The fourth-order valence-electron chi connectivity index (χ4n) is 1.80. The molecule has 0 aromatic carbocycles. The Balaban J connectivity index is 2.01. The molecule has 1 fully saturated rings. The highest BCUT2D eigenvalue weighted by atomic mass is 32.2. The average molecular weight is 273 g/mol. The molecule has 1 saturated heterocycles. The molecule has 1 aromatic rings.